The molecule has 0 heterocycles. The summed E-state index contributed by atoms with van der Waals surface area (Å²) in [5.74, 6) is 0.231. The quantitative estimate of drug-likeness (QED) is 0.555. The number of fused-ring (bicyclic) bond motifs is 1. The van der Waals surface area contributed by atoms with Crippen LogP contribution in [0, 0.1) is 0 Å². The summed E-state index contributed by atoms with van der Waals surface area (Å²) in [5.41, 5.74) is 0.270. The van der Waals surface area contributed by atoms with Gasteiger partial charge in [-0.2, -0.15) is 0 Å². The molecule has 1 atom stereocenters. The number of aliphatic hydroxyl groups excluding tert-OH is 1. The lowest BCUT2D eigenvalue weighted by molar-refractivity contribution is 0.271. The van der Waals surface area contributed by atoms with Crippen LogP contribution in [0.5, 0.6) is 5.75 Å². The van der Waals surface area contributed by atoms with Crippen LogP contribution in [0.2, 0.25) is 0 Å². The number of thioether (sulfide) groups is 1. The average Bonchev–Trinajstić information content (AvgIpc) is 2.49. The molecule has 0 bridgehead atoms. The second-order valence-electron chi connectivity index (χ2n) is 4.53. The van der Waals surface area contributed by atoms with E-state index in [-0.39, 0.29) is 5.75 Å². The largest absolute Gasteiger partial charge is 0.508 e. The number of phenols is 1. The molecule has 0 aliphatic rings. The van der Waals surface area contributed by atoms with Gasteiger partial charge in [-0.25, -0.2) is 0 Å². The Morgan fingerprint density at radius 3 is 2.30 bits per heavy atom. The van der Waals surface area contributed by atoms with E-state index in [2.05, 4.69) is 0 Å². The fourth-order valence-electron chi connectivity index (χ4n) is 2.18. The van der Waals surface area contributed by atoms with Crippen molar-refractivity contribution in [3.05, 3.63) is 72.3 Å². The number of rotatable bonds is 3. The lowest BCUT2D eigenvalue weighted by atomic mass is 10.1. The van der Waals surface area contributed by atoms with E-state index >= 15 is 0 Å². The molecule has 100 valence electrons. The standard InChI is InChI=1S/C17H14O2S/c18-13-8-10-14(11-9-13)20-17(19)16-7-3-5-12-4-1-2-6-15(12)16/h1-11,17-19H. The Kier molecular flexibility index (Phi) is 3.63. The van der Waals surface area contributed by atoms with Crippen LogP contribution >= 0.6 is 11.8 Å². The van der Waals surface area contributed by atoms with Gasteiger partial charge in [-0.05, 0) is 40.6 Å². The molecule has 3 aromatic rings. The molecule has 2 N–H and O–H groups in total. The molecule has 3 aromatic carbocycles. The van der Waals surface area contributed by atoms with Crippen LogP contribution in [-0.4, -0.2) is 10.2 Å². The summed E-state index contributed by atoms with van der Waals surface area (Å²) in [6.07, 6.45) is 0. The molecule has 0 aliphatic carbocycles. The molecule has 0 saturated carbocycles. The van der Waals surface area contributed by atoms with Crippen molar-refractivity contribution in [1.29, 1.82) is 0 Å². The van der Waals surface area contributed by atoms with Gasteiger partial charge >= 0.3 is 0 Å². The number of phenolic OH excluding ortho intramolecular Hbond substituents is 1. The van der Waals surface area contributed by atoms with Crippen LogP contribution in [-0.2, 0) is 0 Å². The first-order valence-corrected chi connectivity index (χ1v) is 7.23. The zero-order chi connectivity index (χ0) is 13.9. The maximum absolute atomic E-state index is 10.4. The first kappa shape index (κ1) is 13.0. The van der Waals surface area contributed by atoms with Gasteiger partial charge < -0.3 is 10.2 Å². The summed E-state index contributed by atoms with van der Waals surface area (Å²) >= 11 is 1.36. The minimum Gasteiger partial charge on any atom is -0.508 e. The molecule has 0 aliphatic heterocycles. The first-order valence-electron chi connectivity index (χ1n) is 6.35. The van der Waals surface area contributed by atoms with Crippen LogP contribution < -0.4 is 0 Å². The zero-order valence-electron chi connectivity index (χ0n) is 10.7. The smallest absolute Gasteiger partial charge is 0.130 e. The molecule has 20 heavy (non-hydrogen) atoms. The molecule has 0 amide bonds. The third kappa shape index (κ3) is 2.64. The Balaban J connectivity index is 1.92. The molecule has 0 spiro atoms. The molecule has 3 heteroatoms. The summed E-state index contributed by atoms with van der Waals surface area (Å²) in [6.45, 7) is 0. The van der Waals surface area contributed by atoms with Gasteiger partial charge in [-0.3, -0.25) is 0 Å². The summed E-state index contributed by atoms with van der Waals surface area (Å²) in [5, 5.41) is 21.9. The van der Waals surface area contributed by atoms with E-state index in [1.165, 1.54) is 11.8 Å². The monoisotopic (exact) mass is 282 g/mol. The number of hydrogen-bond donors (Lipinski definition) is 2. The van der Waals surface area contributed by atoms with Crippen molar-refractivity contribution in [2.75, 3.05) is 0 Å². The minimum absolute atomic E-state index is 0.231. The topological polar surface area (TPSA) is 40.5 Å². The zero-order valence-corrected chi connectivity index (χ0v) is 11.5. The van der Waals surface area contributed by atoms with E-state index in [1.807, 2.05) is 42.5 Å². The highest BCUT2D eigenvalue weighted by molar-refractivity contribution is 7.99. The first-order chi connectivity index (χ1) is 9.74. The third-order valence-corrected chi connectivity index (χ3v) is 4.20. The Morgan fingerprint density at radius 1 is 0.800 bits per heavy atom. The number of aromatic hydroxyl groups is 1. The Labute approximate surface area is 121 Å². The molecule has 2 nitrogen and oxygen atoms in total. The predicted molar refractivity (Wildman–Crippen MR) is 82.9 cm³/mol. The van der Waals surface area contributed by atoms with Gasteiger partial charge in [0.05, 0.1) is 0 Å². The van der Waals surface area contributed by atoms with Crippen molar-refractivity contribution < 1.29 is 10.2 Å². The molecule has 0 fully saturated rings. The number of benzene rings is 3. The van der Waals surface area contributed by atoms with E-state index in [0.29, 0.717) is 0 Å². The van der Waals surface area contributed by atoms with Gasteiger partial charge in [-0.1, -0.05) is 54.2 Å². The molecule has 0 saturated heterocycles. The third-order valence-electron chi connectivity index (χ3n) is 3.17. The van der Waals surface area contributed by atoms with Gasteiger partial charge in [-0.15, -0.1) is 0 Å². The Hall–Kier alpha value is -1.97. The van der Waals surface area contributed by atoms with Gasteiger partial charge in [0.15, 0.2) is 0 Å². The van der Waals surface area contributed by atoms with E-state index in [0.717, 1.165) is 21.2 Å². The average molecular weight is 282 g/mol. The van der Waals surface area contributed by atoms with E-state index in [1.54, 1.807) is 24.3 Å². The van der Waals surface area contributed by atoms with E-state index in [4.69, 9.17) is 0 Å². The molecular weight excluding hydrogens is 268 g/mol. The molecular formula is C17H14O2S. The van der Waals surface area contributed by atoms with Crippen molar-refractivity contribution in [3.63, 3.8) is 0 Å². The van der Waals surface area contributed by atoms with Gasteiger partial charge in [0.25, 0.3) is 0 Å². The lowest BCUT2D eigenvalue weighted by Gasteiger charge is -2.13. The van der Waals surface area contributed by atoms with Crippen LogP contribution in [0.1, 0.15) is 11.0 Å². The SMILES string of the molecule is Oc1ccc(SC(O)c2cccc3ccccc23)cc1. The highest BCUT2D eigenvalue weighted by atomic mass is 32.2. The van der Waals surface area contributed by atoms with E-state index in [9.17, 15) is 10.2 Å². The van der Waals surface area contributed by atoms with E-state index < -0.39 is 5.44 Å². The van der Waals surface area contributed by atoms with Crippen LogP contribution in [0.4, 0.5) is 0 Å². The van der Waals surface area contributed by atoms with Crippen molar-refractivity contribution in [2.45, 2.75) is 10.3 Å². The molecule has 0 aromatic heterocycles. The van der Waals surface area contributed by atoms with Gasteiger partial charge in [0.1, 0.15) is 11.2 Å². The van der Waals surface area contributed by atoms with Crippen LogP contribution in [0.15, 0.2) is 71.6 Å². The second-order valence-corrected chi connectivity index (χ2v) is 5.69. The van der Waals surface area contributed by atoms with Crippen molar-refractivity contribution in [3.8, 4) is 5.75 Å². The fraction of sp³-hybridized carbons (Fsp3) is 0.0588. The Bertz CT molecular complexity index is 717. The highest BCUT2D eigenvalue weighted by Crippen LogP contribution is 2.36. The van der Waals surface area contributed by atoms with Crippen LogP contribution in [0.3, 0.4) is 0 Å². The summed E-state index contributed by atoms with van der Waals surface area (Å²) in [4.78, 5) is 0.920. The van der Waals surface area contributed by atoms with Gasteiger partial charge in [0.2, 0.25) is 0 Å². The number of aliphatic hydroxyl groups is 1. The normalized spacial score (nSPS) is 12.4. The van der Waals surface area contributed by atoms with Crippen LogP contribution in [0.25, 0.3) is 10.8 Å². The summed E-state index contributed by atoms with van der Waals surface area (Å²) < 4.78 is 0. The highest BCUT2D eigenvalue weighted by Gasteiger charge is 2.12. The van der Waals surface area contributed by atoms with Gasteiger partial charge in [0, 0.05) is 4.90 Å². The maximum Gasteiger partial charge on any atom is 0.130 e. The Morgan fingerprint density at radius 2 is 1.50 bits per heavy atom. The number of hydrogen-bond acceptors (Lipinski definition) is 3. The second kappa shape index (κ2) is 5.57. The molecule has 3 rings (SSSR count). The fourth-order valence-corrected chi connectivity index (χ4v) is 3.07. The maximum atomic E-state index is 10.4. The van der Waals surface area contributed by atoms with Crippen molar-refractivity contribution in [1.82, 2.24) is 0 Å². The summed E-state index contributed by atoms with van der Waals surface area (Å²) in [7, 11) is 0. The minimum atomic E-state index is -0.634. The predicted octanol–water partition coefficient (Wildman–Crippen LogP) is 4.33. The summed E-state index contributed by atoms with van der Waals surface area (Å²) in [6, 6.07) is 20.8. The lowest BCUT2D eigenvalue weighted by Crippen LogP contribution is -1.93. The molecule has 1 unspecified atom stereocenters. The van der Waals surface area contributed by atoms with Crippen molar-refractivity contribution >= 4 is 22.5 Å². The van der Waals surface area contributed by atoms with Crippen molar-refractivity contribution in [2.24, 2.45) is 0 Å². The molecule has 0 radical (unpaired) electrons.